The van der Waals surface area contributed by atoms with Crippen LogP contribution in [-0.4, -0.2) is 25.7 Å². The normalized spacial score (nSPS) is 21.0. The molecule has 2 N–H and O–H groups in total. The first-order valence-corrected chi connectivity index (χ1v) is 6.27. The predicted molar refractivity (Wildman–Crippen MR) is 62.6 cm³/mol. The van der Waals surface area contributed by atoms with Gasteiger partial charge in [0.2, 0.25) is 0 Å². The van der Waals surface area contributed by atoms with Crippen molar-refractivity contribution in [1.82, 2.24) is 10.6 Å². The molecule has 0 saturated heterocycles. The second-order valence-corrected chi connectivity index (χ2v) is 4.62. The quantitative estimate of drug-likeness (QED) is 0.683. The highest BCUT2D eigenvalue weighted by Gasteiger charge is 2.13. The summed E-state index contributed by atoms with van der Waals surface area (Å²) in [5, 5.41) is 7.00. The van der Waals surface area contributed by atoms with Gasteiger partial charge >= 0.3 is 0 Å². The molecule has 0 spiro atoms. The lowest BCUT2D eigenvalue weighted by Gasteiger charge is -2.24. The maximum absolute atomic E-state index is 3.62. The Kier molecular flexibility index (Phi) is 6.20. The Morgan fingerprint density at radius 1 is 1.21 bits per heavy atom. The summed E-state index contributed by atoms with van der Waals surface area (Å²) in [6.07, 6.45) is 7.26. The van der Waals surface area contributed by atoms with E-state index in [1.54, 1.807) is 0 Å². The zero-order valence-corrected chi connectivity index (χ0v) is 9.81. The average molecular weight is 198 g/mol. The van der Waals surface area contributed by atoms with Crippen LogP contribution in [0.1, 0.15) is 46.0 Å². The fraction of sp³-hybridized carbons (Fsp3) is 1.00. The monoisotopic (exact) mass is 198 g/mol. The third kappa shape index (κ3) is 4.97. The highest BCUT2D eigenvalue weighted by Crippen LogP contribution is 2.22. The van der Waals surface area contributed by atoms with Crippen molar-refractivity contribution >= 4 is 0 Å². The lowest BCUT2D eigenvalue weighted by Crippen LogP contribution is -2.39. The van der Waals surface area contributed by atoms with Gasteiger partial charge in [-0.3, -0.25) is 0 Å². The minimum Gasteiger partial charge on any atom is -0.315 e. The molecule has 1 aliphatic rings. The van der Waals surface area contributed by atoms with E-state index in [-0.39, 0.29) is 0 Å². The van der Waals surface area contributed by atoms with Crippen molar-refractivity contribution in [2.75, 3.05) is 19.6 Å². The van der Waals surface area contributed by atoms with Crippen LogP contribution in [0.3, 0.4) is 0 Å². The number of hydrogen-bond donors (Lipinski definition) is 2. The third-order valence-corrected chi connectivity index (χ3v) is 3.18. The molecule has 14 heavy (non-hydrogen) atoms. The molecule has 0 heterocycles. The van der Waals surface area contributed by atoms with Gasteiger partial charge in [0.05, 0.1) is 0 Å². The molecular formula is C12H26N2. The van der Waals surface area contributed by atoms with Crippen molar-refractivity contribution in [2.24, 2.45) is 5.92 Å². The number of hydrogen-bond acceptors (Lipinski definition) is 2. The van der Waals surface area contributed by atoms with Crippen molar-refractivity contribution in [2.45, 2.75) is 52.0 Å². The Labute approximate surface area is 88.8 Å². The summed E-state index contributed by atoms with van der Waals surface area (Å²) in [4.78, 5) is 0. The van der Waals surface area contributed by atoms with Crippen molar-refractivity contribution < 1.29 is 0 Å². The van der Waals surface area contributed by atoms with E-state index in [1.807, 2.05) is 0 Å². The number of rotatable bonds is 6. The smallest absolute Gasteiger partial charge is 0.0164 e. The largest absolute Gasteiger partial charge is 0.315 e. The predicted octanol–water partition coefficient (Wildman–Crippen LogP) is 2.15. The first-order valence-electron chi connectivity index (χ1n) is 6.27. The van der Waals surface area contributed by atoms with Gasteiger partial charge in [0.15, 0.2) is 0 Å². The van der Waals surface area contributed by atoms with Crippen LogP contribution >= 0.6 is 0 Å². The van der Waals surface area contributed by atoms with E-state index < -0.39 is 0 Å². The topological polar surface area (TPSA) is 24.1 Å². The van der Waals surface area contributed by atoms with Crippen molar-refractivity contribution in [1.29, 1.82) is 0 Å². The molecule has 0 radical (unpaired) electrons. The molecule has 1 aliphatic carbocycles. The minimum absolute atomic E-state index is 0.622. The van der Waals surface area contributed by atoms with Crippen LogP contribution in [0.4, 0.5) is 0 Å². The van der Waals surface area contributed by atoms with Crippen LogP contribution in [0.15, 0.2) is 0 Å². The summed E-state index contributed by atoms with van der Waals surface area (Å²) in [7, 11) is 0. The second kappa shape index (κ2) is 7.24. The lowest BCUT2D eigenvalue weighted by molar-refractivity contribution is 0.328. The molecule has 84 valence electrons. The van der Waals surface area contributed by atoms with Gasteiger partial charge in [0.1, 0.15) is 0 Å². The molecule has 1 rings (SSSR count). The Hall–Kier alpha value is -0.0800. The molecule has 0 aromatic carbocycles. The van der Waals surface area contributed by atoms with Crippen LogP contribution in [0.25, 0.3) is 0 Å². The van der Waals surface area contributed by atoms with Crippen LogP contribution in [-0.2, 0) is 0 Å². The minimum atomic E-state index is 0.622. The van der Waals surface area contributed by atoms with E-state index in [4.69, 9.17) is 0 Å². The SMILES string of the molecule is CCNCC(C)NCC1CCCCC1. The highest BCUT2D eigenvalue weighted by molar-refractivity contribution is 4.71. The molecule has 0 aromatic heterocycles. The van der Waals surface area contributed by atoms with Gasteiger partial charge in [-0.1, -0.05) is 26.2 Å². The standard InChI is InChI=1S/C12H26N2/c1-3-13-9-11(2)14-10-12-7-5-4-6-8-12/h11-14H,3-10H2,1-2H3. The Balaban J connectivity index is 2.00. The molecule has 1 unspecified atom stereocenters. The maximum atomic E-state index is 3.62. The second-order valence-electron chi connectivity index (χ2n) is 4.62. The molecule has 0 bridgehead atoms. The molecule has 0 aromatic rings. The van der Waals surface area contributed by atoms with E-state index in [0.29, 0.717) is 6.04 Å². The van der Waals surface area contributed by atoms with E-state index >= 15 is 0 Å². The fourth-order valence-corrected chi connectivity index (χ4v) is 2.19. The van der Waals surface area contributed by atoms with Crippen molar-refractivity contribution in [3.63, 3.8) is 0 Å². The fourth-order valence-electron chi connectivity index (χ4n) is 2.19. The number of nitrogens with one attached hydrogen (secondary N) is 2. The molecule has 0 amide bonds. The molecule has 0 aliphatic heterocycles. The van der Waals surface area contributed by atoms with Gasteiger partial charge in [-0.05, 0) is 38.8 Å². The molecule has 1 fully saturated rings. The van der Waals surface area contributed by atoms with Crippen molar-refractivity contribution in [3.8, 4) is 0 Å². The van der Waals surface area contributed by atoms with Crippen LogP contribution in [0.2, 0.25) is 0 Å². The van der Waals surface area contributed by atoms with Gasteiger partial charge in [0, 0.05) is 12.6 Å². The van der Waals surface area contributed by atoms with E-state index in [2.05, 4.69) is 24.5 Å². The van der Waals surface area contributed by atoms with Gasteiger partial charge in [0.25, 0.3) is 0 Å². The van der Waals surface area contributed by atoms with Gasteiger partial charge in [-0.25, -0.2) is 0 Å². The van der Waals surface area contributed by atoms with Crippen LogP contribution in [0.5, 0.6) is 0 Å². The molecular weight excluding hydrogens is 172 g/mol. The van der Waals surface area contributed by atoms with Crippen LogP contribution in [0, 0.1) is 5.92 Å². The Bertz CT molecular complexity index is 130. The zero-order chi connectivity index (χ0) is 10.2. The van der Waals surface area contributed by atoms with Gasteiger partial charge in [-0.2, -0.15) is 0 Å². The van der Waals surface area contributed by atoms with E-state index in [9.17, 15) is 0 Å². The summed E-state index contributed by atoms with van der Waals surface area (Å²) in [5.41, 5.74) is 0. The first-order chi connectivity index (χ1) is 6.83. The summed E-state index contributed by atoms with van der Waals surface area (Å²) in [6.45, 7) is 7.84. The summed E-state index contributed by atoms with van der Waals surface area (Å²) < 4.78 is 0. The molecule has 1 saturated carbocycles. The lowest BCUT2D eigenvalue weighted by atomic mass is 9.89. The van der Waals surface area contributed by atoms with Crippen LogP contribution < -0.4 is 10.6 Å². The first kappa shape index (κ1) is 12.0. The van der Waals surface area contributed by atoms with E-state index in [1.165, 1.54) is 38.6 Å². The summed E-state index contributed by atoms with van der Waals surface area (Å²) >= 11 is 0. The average Bonchev–Trinajstić information content (AvgIpc) is 2.25. The van der Waals surface area contributed by atoms with Gasteiger partial charge in [-0.15, -0.1) is 0 Å². The van der Waals surface area contributed by atoms with Gasteiger partial charge < -0.3 is 10.6 Å². The Morgan fingerprint density at radius 3 is 2.57 bits per heavy atom. The third-order valence-electron chi connectivity index (χ3n) is 3.18. The van der Waals surface area contributed by atoms with E-state index in [0.717, 1.165) is 19.0 Å². The summed E-state index contributed by atoms with van der Waals surface area (Å²) in [6, 6.07) is 0.622. The Morgan fingerprint density at radius 2 is 1.93 bits per heavy atom. The number of likely N-dealkylation sites (N-methyl/N-ethyl adjacent to an activating group) is 1. The maximum Gasteiger partial charge on any atom is 0.0164 e. The highest BCUT2D eigenvalue weighted by atomic mass is 15.0. The molecule has 2 heteroatoms. The molecule has 1 atom stereocenters. The molecule has 2 nitrogen and oxygen atoms in total. The summed E-state index contributed by atoms with van der Waals surface area (Å²) in [5.74, 6) is 0.952. The zero-order valence-electron chi connectivity index (χ0n) is 9.81. The van der Waals surface area contributed by atoms with Crippen molar-refractivity contribution in [3.05, 3.63) is 0 Å².